The number of nitroso groups, excluding NO2 is 1. The van der Waals surface area contributed by atoms with Crippen LogP contribution in [0.15, 0.2) is 53.8 Å². The molecule has 0 fully saturated rings. The molecule has 0 atom stereocenters. The second-order valence-electron chi connectivity index (χ2n) is 4.03. The Labute approximate surface area is 122 Å². The molecule has 0 bridgehead atoms. The Bertz CT molecular complexity index is 557. The first-order chi connectivity index (χ1) is 9.71. The summed E-state index contributed by atoms with van der Waals surface area (Å²) in [6, 6.07) is 14.2. The Morgan fingerprint density at radius 2 is 1.48 bits per heavy atom. The summed E-state index contributed by atoms with van der Waals surface area (Å²) in [6.45, 7) is 0.0340. The molecule has 0 saturated heterocycles. The van der Waals surface area contributed by atoms with Crippen molar-refractivity contribution >= 4 is 0 Å². The molecule has 0 radical (unpaired) electrons. The maximum absolute atomic E-state index is 10.1. The maximum Gasteiger partial charge on any atom is 0.127 e. The van der Waals surface area contributed by atoms with Crippen molar-refractivity contribution < 1.29 is 14.7 Å². The molecular formula is C14H17N3O4. The van der Waals surface area contributed by atoms with Gasteiger partial charge >= 0.3 is 0 Å². The number of methoxy groups -OCH3 is 1. The number of rotatable bonds is 6. The molecular weight excluding hydrogens is 274 g/mol. The molecule has 21 heavy (non-hydrogen) atoms. The number of hydroxylamine groups is 1. The van der Waals surface area contributed by atoms with Crippen LogP contribution in [0.25, 0.3) is 0 Å². The molecule has 7 heteroatoms. The van der Waals surface area contributed by atoms with Crippen LogP contribution in [0.5, 0.6) is 17.2 Å². The number of ether oxygens (including phenoxy) is 2. The van der Waals surface area contributed by atoms with Crippen molar-refractivity contribution in [1.29, 1.82) is 0 Å². The maximum atomic E-state index is 10.1. The second kappa shape index (κ2) is 7.83. The van der Waals surface area contributed by atoms with Crippen LogP contribution < -0.4 is 15.6 Å². The zero-order valence-electron chi connectivity index (χ0n) is 11.6. The Hall–Kier alpha value is -2.64. The van der Waals surface area contributed by atoms with Gasteiger partial charge in [0.05, 0.1) is 18.9 Å². The van der Waals surface area contributed by atoms with Gasteiger partial charge in [0.2, 0.25) is 0 Å². The highest BCUT2D eigenvalue weighted by Crippen LogP contribution is 2.24. The monoisotopic (exact) mass is 291 g/mol. The Balaban J connectivity index is 0.00000220. The van der Waals surface area contributed by atoms with E-state index < -0.39 is 0 Å². The summed E-state index contributed by atoms with van der Waals surface area (Å²) >= 11 is 0. The van der Waals surface area contributed by atoms with E-state index in [0.717, 1.165) is 11.3 Å². The predicted molar refractivity (Wildman–Crippen MR) is 77.7 cm³/mol. The molecule has 0 aliphatic heterocycles. The van der Waals surface area contributed by atoms with Gasteiger partial charge in [0.15, 0.2) is 0 Å². The van der Waals surface area contributed by atoms with Gasteiger partial charge in [-0.3, -0.25) is 5.21 Å². The zero-order valence-corrected chi connectivity index (χ0v) is 11.6. The van der Waals surface area contributed by atoms with E-state index in [1.54, 1.807) is 43.5 Å². The molecule has 0 saturated carbocycles. The average molecular weight is 291 g/mol. The topological polar surface area (TPSA) is 106 Å². The first-order valence-corrected chi connectivity index (χ1v) is 5.92. The van der Waals surface area contributed by atoms with Crippen LogP contribution in [0, 0.1) is 4.91 Å². The third kappa shape index (κ3) is 4.75. The number of benzene rings is 2. The lowest BCUT2D eigenvalue weighted by molar-refractivity contribution is -0.100. The fourth-order valence-corrected chi connectivity index (χ4v) is 1.63. The predicted octanol–water partition coefficient (Wildman–Crippen LogP) is 3.52. The van der Waals surface area contributed by atoms with Crippen molar-refractivity contribution in [3.8, 4) is 17.2 Å². The van der Waals surface area contributed by atoms with Crippen LogP contribution in [0.2, 0.25) is 0 Å². The van der Waals surface area contributed by atoms with Crippen molar-refractivity contribution in [3.05, 3.63) is 59.0 Å². The Morgan fingerprint density at radius 3 is 1.95 bits per heavy atom. The molecule has 2 aromatic carbocycles. The van der Waals surface area contributed by atoms with Gasteiger partial charge in [0.25, 0.3) is 0 Å². The largest absolute Gasteiger partial charge is 0.497 e. The molecule has 2 rings (SSSR count). The number of hydrogen-bond donors (Lipinski definition) is 2. The van der Waals surface area contributed by atoms with Crippen LogP contribution in [0.1, 0.15) is 5.56 Å². The smallest absolute Gasteiger partial charge is 0.127 e. The van der Waals surface area contributed by atoms with E-state index in [9.17, 15) is 4.91 Å². The van der Waals surface area contributed by atoms with Gasteiger partial charge < -0.3 is 15.6 Å². The van der Waals surface area contributed by atoms with Crippen LogP contribution in [-0.4, -0.2) is 17.5 Å². The standard InChI is InChI=1S/C14H14N2O4.H3N/c1-19-12-6-8-14(9-7-12)20-13-4-2-11(3-5-13)10-16(18)15-17;/h2-9,18H,10H2,1H3;1H3. The fourth-order valence-electron chi connectivity index (χ4n) is 1.63. The lowest BCUT2D eigenvalue weighted by Crippen LogP contribution is -2.09. The minimum atomic E-state index is 0. The van der Waals surface area contributed by atoms with Gasteiger partial charge in [0.1, 0.15) is 17.2 Å². The highest BCUT2D eigenvalue weighted by atomic mass is 16.6. The SMILES string of the molecule is COc1ccc(Oc2ccc(CN(O)N=O)cc2)cc1.N. The molecule has 7 nitrogen and oxygen atoms in total. The van der Waals surface area contributed by atoms with Crippen LogP contribution in [-0.2, 0) is 6.54 Å². The van der Waals surface area contributed by atoms with E-state index in [4.69, 9.17) is 14.7 Å². The number of hydrogen-bond acceptors (Lipinski definition) is 6. The van der Waals surface area contributed by atoms with Crippen LogP contribution >= 0.6 is 0 Å². The molecule has 2 aromatic rings. The summed E-state index contributed by atoms with van der Waals surface area (Å²) in [5.74, 6) is 2.11. The van der Waals surface area contributed by atoms with Crippen molar-refractivity contribution in [1.82, 2.24) is 11.3 Å². The minimum absolute atomic E-state index is 0. The summed E-state index contributed by atoms with van der Waals surface area (Å²) in [7, 11) is 1.60. The van der Waals surface area contributed by atoms with Crippen LogP contribution in [0.3, 0.4) is 0 Å². The summed E-state index contributed by atoms with van der Waals surface area (Å²) in [4.78, 5) is 10.1. The van der Waals surface area contributed by atoms with E-state index in [2.05, 4.69) is 5.29 Å². The molecule has 0 unspecified atom stereocenters. The highest BCUT2D eigenvalue weighted by Gasteiger charge is 2.02. The number of nitrogens with zero attached hydrogens (tertiary/aromatic N) is 2. The Kier molecular flexibility index (Phi) is 6.12. The quantitative estimate of drug-likeness (QED) is 0.623. The molecule has 0 aliphatic rings. The first-order valence-electron chi connectivity index (χ1n) is 5.92. The van der Waals surface area contributed by atoms with Crippen molar-refractivity contribution in [2.45, 2.75) is 6.54 Å². The van der Waals surface area contributed by atoms with E-state index in [0.29, 0.717) is 16.7 Å². The lowest BCUT2D eigenvalue weighted by Gasteiger charge is -2.09. The van der Waals surface area contributed by atoms with E-state index in [1.807, 2.05) is 12.1 Å². The molecule has 0 amide bonds. The van der Waals surface area contributed by atoms with Gasteiger partial charge in [0, 0.05) is 0 Å². The van der Waals surface area contributed by atoms with Gasteiger partial charge in [-0.2, -0.15) is 0 Å². The summed E-state index contributed by atoms with van der Waals surface area (Å²) in [5, 5.41) is 11.7. The fraction of sp³-hybridized carbons (Fsp3) is 0.143. The summed E-state index contributed by atoms with van der Waals surface area (Å²) in [5.41, 5.74) is 0.745. The Morgan fingerprint density at radius 1 is 1.00 bits per heavy atom. The average Bonchev–Trinajstić information content (AvgIpc) is 2.50. The minimum Gasteiger partial charge on any atom is -0.497 e. The molecule has 4 N–H and O–H groups in total. The van der Waals surface area contributed by atoms with Crippen molar-refractivity contribution in [3.63, 3.8) is 0 Å². The van der Waals surface area contributed by atoms with Gasteiger partial charge in [-0.25, -0.2) is 0 Å². The third-order valence-corrected chi connectivity index (χ3v) is 2.64. The molecule has 0 spiro atoms. The van der Waals surface area contributed by atoms with Crippen LogP contribution in [0.4, 0.5) is 0 Å². The summed E-state index contributed by atoms with van der Waals surface area (Å²) < 4.78 is 10.7. The third-order valence-electron chi connectivity index (χ3n) is 2.64. The highest BCUT2D eigenvalue weighted by molar-refractivity contribution is 5.36. The normalized spacial score (nSPS) is 9.43. The lowest BCUT2D eigenvalue weighted by atomic mass is 10.2. The van der Waals surface area contributed by atoms with Gasteiger partial charge in [-0.1, -0.05) is 12.1 Å². The van der Waals surface area contributed by atoms with Crippen molar-refractivity contribution in [2.24, 2.45) is 5.29 Å². The molecule has 112 valence electrons. The van der Waals surface area contributed by atoms with Gasteiger partial charge in [-0.15, -0.1) is 10.1 Å². The molecule has 0 heterocycles. The van der Waals surface area contributed by atoms with Gasteiger partial charge in [-0.05, 0) is 42.0 Å². The zero-order chi connectivity index (χ0) is 14.4. The van der Waals surface area contributed by atoms with E-state index >= 15 is 0 Å². The van der Waals surface area contributed by atoms with Crippen molar-refractivity contribution in [2.75, 3.05) is 7.11 Å². The van der Waals surface area contributed by atoms with E-state index in [-0.39, 0.29) is 12.7 Å². The van der Waals surface area contributed by atoms with E-state index in [1.165, 1.54) is 0 Å². The molecule has 0 aliphatic carbocycles. The summed E-state index contributed by atoms with van der Waals surface area (Å²) in [6.07, 6.45) is 0. The second-order valence-corrected chi connectivity index (χ2v) is 4.03. The first kappa shape index (κ1) is 16.4. The molecule has 0 aromatic heterocycles.